The first-order valence-electron chi connectivity index (χ1n) is 7.35. The van der Waals surface area contributed by atoms with Crippen molar-refractivity contribution in [1.29, 1.82) is 0 Å². The molecule has 0 aromatic heterocycles. The number of rotatable bonds is 8. The van der Waals surface area contributed by atoms with E-state index in [-0.39, 0.29) is 18.2 Å². The second-order valence-corrected chi connectivity index (χ2v) is 5.70. The van der Waals surface area contributed by atoms with Crippen LogP contribution in [0.3, 0.4) is 0 Å². The first-order valence-corrected chi connectivity index (χ1v) is 7.35. The highest BCUT2D eigenvalue weighted by Gasteiger charge is 2.23. The fraction of sp³-hybridized carbons (Fsp3) is 0.529. The fourth-order valence-corrected chi connectivity index (χ4v) is 1.97. The number of ketones is 1. The van der Waals surface area contributed by atoms with Gasteiger partial charge in [0.25, 0.3) is 0 Å². The van der Waals surface area contributed by atoms with Crippen LogP contribution in [0.1, 0.15) is 42.6 Å². The molecule has 0 spiro atoms. The monoisotopic (exact) mass is 291 g/mol. The first-order chi connectivity index (χ1) is 9.93. The molecule has 0 aliphatic carbocycles. The predicted octanol–water partition coefficient (Wildman–Crippen LogP) is 2.75. The van der Waals surface area contributed by atoms with Crippen LogP contribution in [0.15, 0.2) is 24.3 Å². The van der Waals surface area contributed by atoms with E-state index in [0.717, 1.165) is 12.0 Å². The molecule has 0 fully saturated rings. The van der Waals surface area contributed by atoms with Crippen LogP contribution in [0.4, 0.5) is 0 Å². The fourth-order valence-electron chi connectivity index (χ4n) is 1.97. The van der Waals surface area contributed by atoms with Crippen LogP contribution in [0.2, 0.25) is 0 Å². The molecule has 21 heavy (non-hydrogen) atoms. The second-order valence-electron chi connectivity index (χ2n) is 5.70. The molecule has 1 aromatic carbocycles. The molecule has 0 amide bonds. The van der Waals surface area contributed by atoms with Crippen LogP contribution in [0, 0.1) is 12.8 Å². The van der Waals surface area contributed by atoms with E-state index < -0.39 is 6.04 Å². The van der Waals surface area contributed by atoms with Gasteiger partial charge in [-0.2, -0.15) is 0 Å². The number of aryl methyl sites for hydroxylation is 1. The van der Waals surface area contributed by atoms with Gasteiger partial charge in [-0.15, -0.1) is 0 Å². The summed E-state index contributed by atoms with van der Waals surface area (Å²) < 4.78 is 4.68. The van der Waals surface area contributed by atoms with E-state index in [9.17, 15) is 9.59 Å². The highest BCUT2D eigenvalue weighted by Crippen LogP contribution is 2.10. The largest absolute Gasteiger partial charge is 0.469 e. The Kier molecular flexibility index (Phi) is 7.09. The molecule has 1 atom stereocenters. The highest BCUT2D eigenvalue weighted by molar-refractivity contribution is 6.01. The van der Waals surface area contributed by atoms with Gasteiger partial charge in [0.05, 0.1) is 19.6 Å². The Morgan fingerprint density at radius 1 is 1.19 bits per heavy atom. The lowest BCUT2D eigenvalue weighted by Gasteiger charge is -2.17. The Bertz CT molecular complexity index is 465. The Morgan fingerprint density at radius 2 is 1.81 bits per heavy atom. The van der Waals surface area contributed by atoms with Gasteiger partial charge in [-0.3, -0.25) is 9.59 Å². The number of carbonyl (C=O) groups excluding carboxylic acids is 2. The average Bonchev–Trinajstić information content (AvgIpc) is 2.45. The molecule has 0 heterocycles. The summed E-state index contributed by atoms with van der Waals surface area (Å²) >= 11 is 0. The molecule has 4 heteroatoms. The lowest BCUT2D eigenvalue weighted by Crippen LogP contribution is -2.39. The number of ether oxygens (including phenoxy) is 1. The summed E-state index contributed by atoms with van der Waals surface area (Å²) in [5.41, 5.74) is 1.72. The minimum atomic E-state index is -0.529. The Balaban J connectivity index is 2.75. The van der Waals surface area contributed by atoms with Crippen molar-refractivity contribution in [2.45, 2.75) is 39.7 Å². The Labute approximate surface area is 126 Å². The van der Waals surface area contributed by atoms with Crippen LogP contribution < -0.4 is 5.32 Å². The van der Waals surface area contributed by atoms with Crippen molar-refractivity contribution >= 4 is 11.8 Å². The Hall–Kier alpha value is -1.68. The highest BCUT2D eigenvalue weighted by atomic mass is 16.5. The number of benzene rings is 1. The maximum absolute atomic E-state index is 12.5. The van der Waals surface area contributed by atoms with Crippen molar-refractivity contribution in [3.05, 3.63) is 35.4 Å². The number of nitrogens with one attached hydrogen (secondary N) is 1. The van der Waals surface area contributed by atoms with E-state index in [0.29, 0.717) is 18.0 Å². The van der Waals surface area contributed by atoms with Crippen molar-refractivity contribution in [2.75, 3.05) is 13.7 Å². The number of esters is 1. The second kappa shape index (κ2) is 8.57. The summed E-state index contributed by atoms with van der Waals surface area (Å²) in [6.45, 7) is 6.93. The summed E-state index contributed by atoms with van der Waals surface area (Å²) in [4.78, 5) is 24.0. The summed E-state index contributed by atoms with van der Waals surface area (Å²) in [5, 5.41) is 3.18. The molecule has 4 nitrogen and oxygen atoms in total. The number of Topliss-reactive ketones (excluding diaryl/α,β-unsaturated/α-hetero) is 1. The zero-order chi connectivity index (χ0) is 15.8. The lowest BCUT2D eigenvalue weighted by molar-refractivity contribution is -0.140. The van der Waals surface area contributed by atoms with Crippen LogP contribution in [-0.4, -0.2) is 31.4 Å². The zero-order valence-electron chi connectivity index (χ0n) is 13.3. The van der Waals surface area contributed by atoms with Crippen molar-refractivity contribution in [1.82, 2.24) is 5.32 Å². The molecule has 1 N–H and O–H groups in total. The summed E-state index contributed by atoms with van der Waals surface area (Å²) in [6, 6.07) is 6.87. The van der Waals surface area contributed by atoms with Gasteiger partial charge in [0.1, 0.15) is 0 Å². The van der Waals surface area contributed by atoms with Gasteiger partial charge in [0.15, 0.2) is 5.78 Å². The molecule has 0 bridgehead atoms. The predicted molar refractivity (Wildman–Crippen MR) is 83.4 cm³/mol. The van der Waals surface area contributed by atoms with Crippen LogP contribution in [0.25, 0.3) is 0 Å². The van der Waals surface area contributed by atoms with E-state index in [1.165, 1.54) is 7.11 Å². The molecule has 116 valence electrons. The molecule has 1 aromatic rings. The number of carbonyl (C=O) groups is 2. The zero-order valence-corrected chi connectivity index (χ0v) is 13.3. The van der Waals surface area contributed by atoms with Gasteiger partial charge in [0, 0.05) is 5.56 Å². The smallest absolute Gasteiger partial charge is 0.307 e. The summed E-state index contributed by atoms with van der Waals surface area (Å²) in [5.74, 6) is 0.104. The quantitative estimate of drug-likeness (QED) is 0.591. The maximum Gasteiger partial charge on any atom is 0.307 e. The molecular weight excluding hydrogens is 266 g/mol. The van der Waals surface area contributed by atoms with Gasteiger partial charge in [-0.1, -0.05) is 43.7 Å². The van der Waals surface area contributed by atoms with E-state index in [2.05, 4.69) is 23.9 Å². The SMILES string of the molecule is COC(=O)CC(NCCC(C)C)C(=O)c1ccc(C)cc1. The maximum atomic E-state index is 12.5. The van der Waals surface area contributed by atoms with Crippen molar-refractivity contribution in [2.24, 2.45) is 5.92 Å². The number of methoxy groups -OCH3 is 1. The molecular formula is C17H25NO3. The van der Waals surface area contributed by atoms with E-state index in [1.807, 2.05) is 19.1 Å². The molecule has 0 aliphatic heterocycles. The standard InChI is InChI=1S/C17H25NO3/c1-12(2)9-10-18-15(11-16(19)21-4)17(20)14-7-5-13(3)6-8-14/h5-8,12,15,18H,9-11H2,1-4H3. The summed E-state index contributed by atoms with van der Waals surface area (Å²) in [6.07, 6.45) is 1.01. The van der Waals surface area contributed by atoms with Crippen LogP contribution in [0.5, 0.6) is 0 Å². The van der Waals surface area contributed by atoms with E-state index >= 15 is 0 Å². The third kappa shape index (κ3) is 6.08. The molecule has 1 rings (SSSR count). The first kappa shape index (κ1) is 17.4. The van der Waals surface area contributed by atoms with Gasteiger partial charge < -0.3 is 10.1 Å². The van der Waals surface area contributed by atoms with Crippen molar-refractivity contribution in [3.63, 3.8) is 0 Å². The lowest BCUT2D eigenvalue weighted by atomic mass is 10.00. The number of hydrogen-bond acceptors (Lipinski definition) is 4. The van der Waals surface area contributed by atoms with E-state index in [4.69, 9.17) is 0 Å². The third-order valence-corrected chi connectivity index (χ3v) is 3.36. The van der Waals surface area contributed by atoms with Gasteiger partial charge in [0.2, 0.25) is 0 Å². The van der Waals surface area contributed by atoms with Gasteiger partial charge in [-0.05, 0) is 25.8 Å². The summed E-state index contributed by atoms with van der Waals surface area (Å²) in [7, 11) is 1.34. The molecule has 0 saturated carbocycles. The molecule has 0 saturated heterocycles. The molecule has 0 radical (unpaired) electrons. The topological polar surface area (TPSA) is 55.4 Å². The third-order valence-electron chi connectivity index (χ3n) is 3.36. The average molecular weight is 291 g/mol. The molecule has 1 unspecified atom stereocenters. The molecule has 0 aliphatic rings. The number of hydrogen-bond donors (Lipinski definition) is 1. The van der Waals surface area contributed by atoms with E-state index in [1.54, 1.807) is 12.1 Å². The van der Waals surface area contributed by atoms with Gasteiger partial charge >= 0.3 is 5.97 Å². The van der Waals surface area contributed by atoms with Crippen molar-refractivity contribution in [3.8, 4) is 0 Å². The van der Waals surface area contributed by atoms with Crippen LogP contribution in [-0.2, 0) is 9.53 Å². The Morgan fingerprint density at radius 3 is 2.33 bits per heavy atom. The van der Waals surface area contributed by atoms with Crippen molar-refractivity contribution < 1.29 is 14.3 Å². The minimum absolute atomic E-state index is 0.0569. The van der Waals surface area contributed by atoms with Gasteiger partial charge in [-0.25, -0.2) is 0 Å². The minimum Gasteiger partial charge on any atom is -0.469 e. The normalized spacial score (nSPS) is 12.2. The van der Waals surface area contributed by atoms with Crippen LogP contribution >= 0.6 is 0 Å².